The van der Waals surface area contributed by atoms with Crippen molar-refractivity contribution in [3.05, 3.63) is 0 Å². The smallest absolute Gasteiger partial charge is 0.187 e. The average Bonchev–Trinajstić information content (AvgIpc) is 2.83. The summed E-state index contributed by atoms with van der Waals surface area (Å²) in [6.07, 6.45) is -25.7. The lowest BCUT2D eigenvalue weighted by Crippen LogP contribution is -2.66. The zero-order valence-electron chi connectivity index (χ0n) is 17.7. The van der Waals surface area contributed by atoms with Crippen LogP contribution in [0.3, 0.4) is 0 Å². The molecule has 200 valence electrons. The van der Waals surface area contributed by atoms with Crippen molar-refractivity contribution in [3.63, 3.8) is 0 Å². The zero-order valence-corrected chi connectivity index (χ0v) is 17.7. The molecule has 3 aliphatic rings. The maximum Gasteiger partial charge on any atom is 0.187 e. The van der Waals surface area contributed by atoms with Gasteiger partial charge in [-0.2, -0.15) is 0 Å². The van der Waals surface area contributed by atoms with E-state index in [0.29, 0.717) is 0 Å². The first-order valence-corrected chi connectivity index (χ1v) is 10.6. The van der Waals surface area contributed by atoms with Crippen LogP contribution in [0.25, 0.3) is 0 Å². The highest BCUT2D eigenvalue weighted by molar-refractivity contribution is 4.95. The summed E-state index contributed by atoms with van der Waals surface area (Å²) in [4.78, 5) is 0. The van der Waals surface area contributed by atoms with Crippen molar-refractivity contribution >= 4 is 0 Å². The van der Waals surface area contributed by atoms with Gasteiger partial charge in [-0.15, -0.1) is 0 Å². The van der Waals surface area contributed by atoms with E-state index in [1.807, 2.05) is 0 Å². The van der Waals surface area contributed by atoms with Gasteiger partial charge in [0.1, 0.15) is 73.2 Å². The van der Waals surface area contributed by atoms with Crippen molar-refractivity contribution in [2.45, 2.75) is 92.1 Å². The summed E-state index contributed by atoms with van der Waals surface area (Å²) in [5.41, 5.74) is 0. The van der Waals surface area contributed by atoms with E-state index in [1.165, 1.54) is 0 Å². The Balaban J connectivity index is 1.82. The molecule has 11 N–H and O–H groups in total. The molecule has 0 spiro atoms. The molecule has 3 saturated heterocycles. The first-order valence-electron chi connectivity index (χ1n) is 10.6. The SMILES string of the molecule is OC[C@@H]1O[C@@H](O[C@H]2[C@H](O[C@H]3[C@@H](O)[C@@H](O)[C@@H](CO)O[C@@H]3O)O[C@@H](CO)[C@H](O)[C@@H]2O)[C@@H](O)[C@H](O)[C@H]1O. The fourth-order valence-corrected chi connectivity index (χ4v) is 4.02. The van der Waals surface area contributed by atoms with Gasteiger partial charge in [0, 0.05) is 0 Å². The van der Waals surface area contributed by atoms with Gasteiger partial charge in [-0.05, 0) is 0 Å². The van der Waals surface area contributed by atoms with E-state index in [0.717, 1.165) is 0 Å². The highest BCUT2D eigenvalue weighted by Crippen LogP contribution is 2.32. The predicted octanol–water partition coefficient (Wildman–Crippen LogP) is -7.57. The van der Waals surface area contributed by atoms with Crippen LogP contribution < -0.4 is 0 Å². The van der Waals surface area contributed by atoms with Gasteiger partial charge in [0.05, 0.1) is 19.8 Å². The third-order valence-electron chi connectivity index (χ3n) is 6.10. The quantitative estimate of drug-likeness (QED) is 0.154. The molecule has 0 aliphatic carbocycles. The molecule has 0 amide bonds. The third kappa shape index (κ3) is 5.37. The fourth-order valence-electron chi connectivity index (χ4n) is 4.02. The summed E-state index contributed by atoms with van der Waals surface area (Å²) in [5, 5.41) is 109. The minimum atomic E-state index is -1.90. The normalized spacial score (nSPS) is 52.5. The van der Waals surface area contributed by atoms with Crippen molar-refractivity contribution in [3.8, 4) is 0 Å². The Hall–Kier alpha value is -0.640. The van der Waals surface area contributed by atoms with Gasteiger partial charge in [-0.25, -0.2) is 0 Å². The Morgan fingerprint density at radius 1 is 0.441 bits per heavy atom. The van der Waals surface area contributed by atoms with Crippen molar-refractivity contribution in [1.29, 1.82) is 0 Å². The molecule has 0 radical (unpaired) electrons. The first kappa shape index (κ1) is 27.9. The van der Waals surface area contributed by atoms with Crippen molar-refractivity contribution in [2.75, 3.05) is 19.8 Å². The maximum atomic E-state index is 10.6. The lowest BCUT2D eigenvalue weighted by Gasteiger charge is -2.48. The van der Waals surface area contributed by atoms with E-state index in [9.17, 15) is 56.2 Å². The Morgan fingerprint density at radius 3 is 1.38 bits per heavy atom. The van der Waals surface area contributed by atoms with Crippen LogP contribution in [0.5, 0.6) is 0 Å². The molecular weight excluding hydrogens is 472 g/mol. The fraction of sp³-hybridized carbons (Fsp3) is 1.00. The molecule has 3 heterocycles. The predicted molar refractivity (Wildman–Crippen MR) is 101 cm³/mol. The number of hydrogen-bond acceptors (Lipinski definition) is 16. The first-order chi connectivity index (χ1) is 16.0. The molecule has 16 heteroatoms. The number of aliphatic hydroxyl groups excluding tert-OH is 11. The maximum absolute atomic E-state index is 10.6. The summed E-state index contributed by atoms with van der Waals surface area (Å²) < 4.78 is 26.5. The summed E-state index contributed by atoms with van der Waals surface area (Å²) in [5.74, 6) is 0. The Morgan fingerprint density at radius 2 is 0.853 bits per heavy atom. The van der Waals surface area contributed by atoms with Crippen LogP contribution in [-0.4, -0.2) is 168 Å². The van der Waals surface area contributed by atoms with Gasteiger partial charge in [0.2, 0.25) is 0 Å². The van der Waals surface area contributed by atoms with Gasteiger partial charge < -0.3 is 79.9 Å². The molecular formula is C18H32O16. The van der Waals surface area contributed by atoms with Crippen LogP contribution in [0, 0.1) is 0 Å². The van der Waals surface area contributed by atoms with Crippen LogP contribution in [-0.2, 0) is 23.7 Å². The third-order valence-corrected chi connectivity index (χ3v) is 6.10. The zero-order chi connectivity index (χ0) is 25.3. The minimum Gasteiger partial charge on any atom is -0.394 e. The largest absolute Gasteiger partial charge is 0.394 e. The van der Waals surface area contributed by atoms with E-state index >= 15 is 0 Å². The minimum absolute atomic E-state index is 0.734. The van der Waals surface area contributed by atoms with Crippen molar-refractivity contribution in [1.82, 2.24) is 0 Å². The number of rotatable bonds is 7. The molecule has 0 bridgehead atoms. The standard InChI is InChI=1S/C18H32O16/c19-1-4-8(23)11(26)14(16(29)30-4)33-18-15(12(27)9(24)6(3-21)32-18)34-17-13(28)10(25)7(22)5(2-20)31-17/h4-29H,1-3H2/t4-,5+,6+,7+,8+,9+,10-,11+,12+,13+,14+,15-,16+,17+,18+/m1/s1. The highest BCUT2D eigenvalue weighted by Gasteiger charge is 2.53. The molecule has 0 unspecified atom stereocenters. The van der Waals surface area contributed by atoms with Crippen LogP contribution in [0.15, 0.2) is 0 Å². The molecule has 16 nitrogen and oxygen atoms in total. The lowest BCUT2D eigenvalue weighted by atomic mass is 9.96. The molecule has 34 heavy (non-hydrogen) atoms. The Bertz CT molecular complexity index is 639. The molecule has 3 fully saturated rings. The summed E-state index contributed by atoms with van der Waals surface area (Å²) in [6.45, 7) is -2.31. The second-order valence-corrected chi connectivity index (χ2v) is 8.33. The summed E-state index contributed by atoms with van der Waals surface area (Å²) in [7, 11) is 0. The van der Waals surface area contributed by atoms with Gasteiger partial charge >= 0.3 is 0 Å². The Kier molecular flexibility index (Phi) is 9.54. The van der Waals surface area contributed by atoms with Crippen LogP contribution in [0.2, 0.25) is 0 Å². The summed E-state index contributed by atoms with van der Waals surface area (Å²) in [6, 6.07) is 0. The lowest BCUT2D eigenvalue weighted by molar-refractivity contribution is -0.391. The second-order valence-electron chi connectivity index (χ2n) is 8.33. The molecule has 0 aromatic heterocycles. The molecule has 0 aromatic rings. The van der Waals surface area contributed by atoms with Crippen molar-refractivity contribution in [2.24, 2.45) is 0 Å². The average molecular weight is 504 g/mol. The van der Waals surface area contributed by atoms with Crippen molar-refractivity contribution < 1.29 is 79.9 Å². The van der Waals surface area contributed by atoms with Gasteiger partial charge in [-0.1, -0.05) is 0 Å². The van der Waals surface area contributed by atoms with Gasteiger partial charge in [0.25, 0.3) is 0 Å². The summed E-state index contributed by atoms with van der Waals surface area (Å²) >= 11 is 0. The van der Waals surface area contributed by atoms with E-state index in [2.05, 4.69) is 0 Å². The number of hydrogen-bond donors (Lipinski definition) is 11. The number of aliphatic hydroxyl groups is 11. The monoisotopic (exact) mass is 504 g/mol. The van der Waals surface area contributed by atoms with E-state index in [4.69, 9.17) is 23.7 Å². The van der Waals surface area contributed by atoms with Crippen LogP contribution in [0.4, 0.5) is 0 Å². The van der Waals surface area contributed by atoms with Gasteiger partial charge in [0.15, 0.2) is 18.9 Å². The highest BCUT2D eigenvalue weighted by atomic mass is 16.8. The topological polar surface area (TPSA) is 269 Å². The number of ether oxygens (including phenoxy) is 5. The molecule has 0 saturated carbocycles. The van der Waals surface area contributed by atoms with Crippen LogP contribution >= 0.6 is 0 Å². The van der Waals surface area contributed by atoms with Crippen LogP contribution in [0.1, 0.15) is 0 Å². The molecule has 3 rings (SSSR count). The molecule has 3 aliphatic heterocycles. The van der Waals surface area contributed by atoms with E-state index < -0.39 is 112 Å². The van der Waals surface area contributed by atoms with E-state index in [1.54, 1.807) is 0 Å². The van der Waals surface area contributed by atoms with E-state index in [-0.39, 0.29) is 0 Å². The molecule has 15 atom stereocenters. The molecule has 0 aromatic carbocycles. The Labute approximate surface area is 192 Å². The second kappa shape index (κ2) is 11.6. The van der Waals surface area contributed by atoms with Gasteiger partial charge in [-0.3, -0.25) is 0 Å².